The predicted octanol–water partition coefficient (Wildman–Crippen LogP) is 1.77. The molecule has 1 aromatic heterocycles. The molecule has 0 aliphatic carbocycles. The molecule has 27 heavy (non-hydrogen) atoms. The van der Waals surface area contributed by atoms with E-state index >= 15 is 0 Å². The van der Waals surface area contributed by atoms with Gasteiger partial charge in [-0.15, -0.1) is 0 Å². The first-order valence-corrected chi connectivity index (χ1v) is 8.73. The van der Waals surface area contributed by atoms with Crippen LogP contribution in [0.5, 0.6) is 0 Å². The standard InChI is InChI=1S/C17H19ClN6O3/c18-12-3-1-2-11(8-12)16(25)23-22-14-13(19)15(21-9-20-14)24-6-4-10(5-7-24)17(26)27/h1-3,8-10H,4-7,19H2,(H,23,25)(H,26,27)(H,20,21,22). The second kappa shape index (κ2) is 8.09. The molecule has 1 aromatic carbocycles. The summed E-state index contributed by atoms with van der Waals surface area (Å²) in [6.07, 6.45) is 2.38. The second-order valence-corrected chi connectivity index (χ2v) is 6.59. The molecule has 3 rings (SSSR count). The number of nitrogen functional groups attached to an aromatic ring is 1. The van der Waals surface area contributed by atoms with Crippen LogP contribution in [0.3, 0.4) is 0 Å². The lowest BCUT2D eigenvalue weighted by molar-refractivity contribution is -0.142. The molecule has 0 bridgehead atoms. The second-order valence-electron chi connectivity index (χ2n) is 6.15. The van der Waals surface area contributed by atoms with Gasteiger partial charge in [-0.05, 0) is 31.0 Å². The van der Waals surface area contributed by atoms with Gasteiger partial charge in [-0.1, -0.05) is 17.7 Å². The lowest BCUT2D eigenvalue weighted by Gasteiger charge is -2.31. The Bertz CT molecular complexity index is 854. The van der Waals surface area contributed by atoms with Gasteiger partial charge in [0.25, 0.3) is 5.91 Å². The molecule has 1 saturated heterocycles. The van der Waals surface area contributed by atoms with Crippen molar-refractivity contribution in [3.63, 3.8) is 0 Å². The van der Waals surface area contributed by atoms with E-state index in [1.807, 2.05) is 4.90 Å². The number of piperidine rings is 1. The molecule has 1 aliphatic heterocycles. The summed E-state index contributed by atoms with van der Waals surface area (Å²) < 4.78 is 0. The summed E-state index contributed by atoms with van der Waals surface area (Å²) in [7, 11) is 0. The van der Waals surface area contributed by atoms with Gasteiger partial charge >= 0.3 is 5.97 Å². The highest BCUT2D eigenvalue weighted by atomic mass is 35.5. The van der Waals surface area contributed by atoms with Gasteiger partial charge in [0, 0.05) is 23.7 Å². The summed E-state index contributed by atoms with van der Waals surface area (Å²) in [5, 5.41) is 9.55. The summed E-state index contributed by atoms with van der Waals surface area (Å²) in [5.41, 5.74) is 12.0. The minimum atomic E-state index is -0.781. The van der Waals surface area contributed by atoms with E-state index in [0.29, 0.717) is 42.3 Å². The number of aromatic nitrogens is 2. The van der Waals surface area contributed by atoms with Crippen LogP contribution < -0.4 is 21.5 Å². The Morgan fingerprint density at radius 2 is 2.00 bits per heavy atom. The van der Waals surface area contributed by atoms with Crippen molar-refractivity contribution in [3.05, 3.63) is 41.2 Å². The highest BCUT2D eigenvalue weighted by Crippen LogP contribution is 2.29. The zero-order valence-electron chi connectivity index (χ0n) is 14.4. The van der Waals surface area contributed by atoms with Crippen molar-refractivity contribution in [1.82, 2.24) is 15.4 Å². The Kier molecular flexibility index (Phi) is 5.60. The van der Waals surface area contributed by atoms with E-state index in [-0.39, 0.29) is 23.3 Å². The van der Waals surface area contributed by atoms with Crippen LogP contribution in [0.4, 0.5) is 17.3 Å². The molecule has 142 valence electrons. The zero-order chi connectivity index (χ0) is 19.4. The minimum absolute atomic E-state index is 0.260. The molecule has 1 amide bonds. The number of carbonyl (C=O) groups excluding carboxylic acids is 1. The number of nitrogens with zero attached hydrogens (tertiary/aromatic N) is 3. The third-order valence-corrected chi connectivity index (χ3v) is 4.62. The SMILES string of the molecule is Nc1c(NNC(=O)c2cccc(Cl)c2)ncnc1N1CCC(C(=O)O)CC1. The van der Waals surface area contributed by atoms with Crippen LogP contribution in [0.25, 0.3) is 0 Å². The van der Waals surface area contributed by atoms with Gasteiger partial charge in [-0.2, -0.15) is 0 Å². The number of nitrogens with one attached hydrogen (secondary N) is 2. The summed E-state index contributed by atoms with van der Waals surface area (Å²) in [5.74, 6) is -0.751. The van der Waals surface area contributed by atoms with E-state index in [2.05, 4.69) is 20.8 Å². The first-order valence-electron chi connectivity index (χ1n) is 8.36. The van der Waals surface area contributed by atoms with Crippen LogP contribution in [0.15, 0.2) is 30.6 Å². The molecule has 2 aromatic rings. The first kappa shape index (κ1) is 18.7. The molecule has 10 heteroatoms. The van der Waals surface area contributed by atoms with Crippen molar-refractivity contribution in [3.8, 4) is 0 Å². The number of amides is 1. The maximum Gasteiger partial charge on any atom is 0.306 e. The Morgan fingerprint density at radius 1 is 1.26 bits per heavy atom. The van der Waals surface area contributed by atoms with E-state index in [4.69, 9.17) is 22.4 Å². The fourth-order valence-corrected chi connectivity index (χ4v) is 3.08. The monoisotopic (exact) mass is 390 g/mol. The quantitative estimate of drug-likeness (QED) is 0.567. The number of carboxylic acids is 1. The molecule has 0 atom stereocenters. The van der Waals surface area contributed by atoms with Crippen molar-refractivity contribution in [2.24, 2.45) is 5.92 Å². The number of hydrogen-bond donors (Lipinski definition) is 4. The highest BCUT2D eigenvalue weighted by Gasteiger charge is 2.26. The van der Waals surface area contributed by atoms with Crippen molar-refractivity contribution in [2.75, 3.05) is 29.1 Å². The van der Waals surface area contributed by atoms with Gasteiger partial charge in [-0.25, -0.2) is 9.97 Å². The van der Waals surface area contributed by atoms with Gasteiger partial charge in [0.2, 0.25) is 0 Å². The summed E-state index contributed by atoms with van der Waals surface area (Å²) in [4.78, 5) is 33.4. The molecule has 9 nitrogen and oxygen atoms in total. The lowest BCUT2D eigenvalue weighted by Crippen LogP contribution is -2.37. The number of hydrazine groups is 1. The maximum atomic E-state index is 12.2. The third-order valence-electron chi connectivity index (χ3n) is 4.39. The van der Waals surface area contributed by atoms with Crippen LogP contribution in [0.2, 0.25) is 5.02 Å². The van der Waals surface area contributed by atoms with Gasteiger partial charge in [-0.3, -0.25) is 20.4 Å². The average Bonchev–Trinajstić information content (AvgIpc) is 2.67. The summed E-state index contributed by atoms with van der Waals surface area (Å²) in [6.45, 7) is 1.07. The number of halogens is 1. The Labute approximate surface area is 160 Å². The molecule has 5 N–H and O–H groups in total. The minimum Gasteiger partial charge on any atom is -0.481 e. The van der Waals surface area contributed by atoms with Crippen molar-refractivity contribution in [2.45, 2.75) is 12.8 Å². The van der Waals surface area contributed by atoms with E-state index < -0.39 is 5.97 Å². The van der Waals surface area contributed by atoms with Crippen LogP contribution in [0, 0.1) is 5.92 Å². The number of carboxylic acid groups (broad SMARTS) is 1. The van der Waals surface area contributed by atoms with E-state index in [0.717, 1.165) is 0 Å². The number of aliphatic carboxylic acids is 1. The number of rotatable bonds is 5. The fraction of sp³-hybridized carbons (Fsp3) is 0.294. The molecule has 1 aliphatic rings. The molecule has 0 unspecified atom stereocenters. The smallest absolute Gasteiger partial charge is 0.306 e. The lowest BCUT2D eigenvalue weighted by atomic mass is 9.97. The van der Waals surface area contributed by atoms with Gasteiger partial charge < -0.3 is 15.7 Å². The predicted molar refractivity (Wildman–Crippen MR) is 102 cm³/mol. The average molecular weight is 391 g/mol. The largest absolute Gasteiger partial charge is 0.481 e. The molecule has 0 radical (unpaired) electrons. The topological polar surface area (TPSA) is 133 Å². The van der Waals surface area contributed by atoms with E-state index in [9.17, 15) is 9.59 Å². The normalized spacial score (nSPS) is 14.6. The highest BCUT2D eigenvalue weighted by molar-refractivity contribution is 6.30. The molecule has 2 heterocycles. The fourth-order valence-electron chi connectivity index (χ4n) is 2.89. The molecular formula is C17H19ClN6O3. The number of carbonyl (C=O) groups is 2. The Balaban J connectivity index is 1.66. The van der Waals surface area contributed by atoms with Crippen LogP contribution in [0.1, 0.15) is 23.2 Å². The van der Waals surface area contributed by atoms with Crippen molar-refractivity contribution < 1.29 is 14.7 Å². The van der Waals surface area contributed by atoms with Crippen molar-refractivity contribution >= 4 is 40.8 Å². The molecule has 1 fully saturated rings. The number of anilines is 3. The van der Waals surface area contributed by atoms with E-state index in [1.54, 1.807) is 24.3 Å². The molecule has 0 saturated carbocycles. The van der Waals surface area contributed by atoms with Gasteiger partial charge in [0.15, 0.2) is 11.6 Å². The van der Waals surface area contributed by atoms with Crippen LogP contribution in [-0.2, 0) is 4.79 Å². The Hall–Kier alpha value is -3.07. The van der Waals surface area contributed by atoms with Crippen molar-refractivity contribution in [1.29, 1.82) is 0 Å². The first-order chi connectivity index (χ1) is 13.0. The van der Waals surface area contributed by atoms with Crippen LogP contribution >= 0.6 is 11.6 Å². The third kappa shape index (κ3) is 4.37. The molecular weight excluding hydrogens is 372 g/mol. The summed E-state index contributed by atoms with van der Waals surface area (Å²) >= 11 is 5.88. The van der Waals surface area contributed by atoms with Gasteiger partial charge in [0.1, 0.15) is 12.0 Å². The number of hydrogen-bond acceptors (Lipinski definition) is 7. The Morgan fingerprint density at radius 3 is 2.67 bits per heavy atom. The van der Waals surface area contributed by atoms with Gasteiger partial charge in [0.05, 0.1) is 5.92 Å². The number of benzene rings is 1. The maximum absolute atomic E-state index is 12.2. The van der Waals surface area contributed by atoms with E-state index in [1.165, 1.54) is 6.33 Å². The van der Waals surface area contributed by atoms with Crippen LogP contribution in [-0.4, -0.2) is 40.0 Å². The zero-order valence-corrected chi connectivity index (χ0v) is 15.1. The summed E-state index contributed by atoms with van der Waals surface area (Å²) in [6, 6.07) is 6.52. The molecule has 0 spiro atoms. The number of nitrogens with two attached hydrogens (primary N) is 1.